The van der Waals surface area contributed by atoms with Gasteiger partial charge >= 0.3 is 12.2 Å². The Hall–Kier alpha value is -2.24. The largest absolute Gasteiger partial charge is 0.458 e. The van der Waals surface area contributed by atoms with Crippen LogP contribution < -0.4 is 4.74 Å². The van der Waals surface area contributed by atoms with Gasteiger partial charge in [-0.3, -0.25) is 0 Å². The summed E-state index contributed by atoms with van der Waals surface area (Å²) in [6, 6.07) is 6.86. The van der Waals surface area contributed by atoms with Crippen LogP contribution in [0.2, 0.25) is 0 Å². The van der Waals surface area contributed by atoms with Crippen LogP contribution in [0.1, 0.15) is 12.5 Å². The van der Waals surface area contributed by atoms with Gasteiger partial charge in [-0.25, -0.2) is 9.59 Å². The molecule has 0 aliphatic rings. The van der Waals surface area contributed by atoms with E-state index in [1.54, 1.807) is 25.1 Å². The van der Waals surface area contributed by atoms with Crippen LogP contribution in [0.25, 0.3) is 0 Å². The number of azo groups is 1. The SMILES string of the molecule is CCOC(=O)N=NC(=O)Oc1cccc(C)c1. The zero-order chi connectivity index (χ0) is 12.7. The van der Waals surface area contributed by atoms with Crippen LogP contribution in [-0.2, 0) is 4.74 Å². The van der Waals surface area contributed by atoms with Crippen molar-refractivity contribution >= 4 is 12.2 Å². The molecule has 1 aromatic carbocycles. The van der Waals surface area contributed by atoms with Crippen molar-refractivity contribution in [2.45, 2.75) is 13.8 Å². The lowest BCUT2D eigenvalue weighted by atomic mass is 10.2. The summed E-state index contributed by atoms with van der Waals surface area (Å²) in [6.45, 7) is 3.65. The minimum Gasteiger partial charge on any atom is -0.447 e. The predicted octanol–water partition coefficient (Wildman–Crippen LogP) is 3.10. The zero-order valence-corrected chi connectivity index (χ0v) is 9.54. The van der Waals surface area contributed by atoms with Crippen molar-refractivity contribution in [3.8, 4) is 5.75 Å². The maximum absolute atomic E-state index is 11.1. The van der Waals surface area contributed by atoms with Crippen molar-refractivity contribution in [1.29, 1.82) is 0 Å². The molecule has 6 heteroatoms. The fourth-order valence-corrected chi connectivity index (χ4v) is 1.03. The van der Waals surface area contributed by atoms with Crippen LogP contribution in [-0.4, -0.2) is 18.8 Å². The Labute approximate surface area is 98.3 Å². The first kappa shape index (κ1) is 12.8. The van der Waals surface area contributed by atoms with Crippen LogP contribution in [0.5, 0.6) is 5.75 Å². The molecule has 0 atom stereocenters. The molecule has 1 rings (SSSR count). The van der Waals surface area contributed by atoms with E-state index in [9.17, 15) is 9.59 Å². The third kappa shape index (κ3) is 4.87. The van der Waals surface area contributed by atoms with Gasteiger partial charge in [-0.05, 0) is 31.5 Å². The average molecular weight is 236 g/mol. The summed E-state index contributed by atoms with van der Waals surface area (Å²) in [6.07, 6.45) is -1.89. The number of rotatable bonds is 2. The number of nitrogens with zero attached hydrogens (tertiary/aromatic N) is 2. The van der Waals surface area contributed by atoms with Gasteiger partial charge in [-0.15, -0.1) is 0 Å². The number of hydrogen-bond acceptors (Lipinski definition) is 4. The molecule has 0 aliphatic carbocycles. The van der Waals surface area contributed by atoms with Crippen LogP contribution in [0, 0.1) is 6.92 Å². The second-order valence-corrected chi connectivity index (χ2v) is 3.08. The first-order chi connectivity index (χ1) is 8.11. The lowest BCUT2D eigenvalue weighted by Gasteiger charge is -2.00. The molecule has 0 unspecified atom stereocenters. The normalized spacial score (nSPS) is 10.2. The molecule has 0 saturated heterocycles. The Morgan fingerprint density at radius 2 is 1.94 bits per heavy atom. The van der Waals surface area contributed by atoms with Crippen LogP contribution >= 0.6 is 0 Å². The summed E-state index contributed by atoms with van der Waals surface area (Å²) in [5.41, 5.74) is 0.942. The highest BCUT2D eigenvalue weighted by Crippen LogP contribution is 2.12. The van der Waals surface area contributed by atoms with Gasteiger partial charge in [0.05, 0.1) is 6.61 Å². The molecule has 90 valence electrons. The van der Waals surface area contributed by atoms with Crippen molar-refractivity contribution < 1.29 is 19.1 Å². The Kier molecular flexibility index (Phi) is 4.80. The first-order valence-corrected chi connectivity index (χ1v) is 4.98. The molecule has 6 nitrogen and oxygen atoms in total. The number of aryl methyl sites for hydroxylation is 1. The molecule has 0 fully saturated rings. The monoisotopic (exact) mass is 236 g/mol. The van der Waals surface area contributed by atoms with Gasteiger partial charge in [-0.2, -0.15) is 0 Å². The lowest BCUT2D eigenvalue weighted by molar-refractivity contribution is 0.160. The molecule has 0 saturated carbocycles. The summed E-state index contributed by atoms with van der Waals surface area (Å²) < 4.78 is 9.27. The number of carbonyl (C=O) groups is 2. The van der Waals surface area contributed by atoms with Crippen molar-refractivity contribution in [1.82, 2.24) is 0 Å². The molecule has 0 spiro atoms. The molecule has 0 aliphatic heterocycles. The van der Waals surface area contributed by atoms with Crippen LogP contribution in [0.4, 0.5) is 9.59 Å². The maximum Gasteiger partial charge on any atom is 0.458 e. The molecule has 2 amide bonds. The molecule has 0 radical (unpaired) electrons. The minimum absolute atomic E-state index is 0.171. The number of benzene rings is 1. The van der Waals surface area contributed by atoms with Gasteiger partial charge in [-0.1, -0.05) is 22.4 Å². The highest BCUT2D eigenvalue weighted by Gasteiger charge is 2.04. The van der Waals surface area contributed by atoms with Crippen molar-refractivity contribution in [2.24, 2.45) is 10.2 Å². The summed E-state index contributed by atoms with van der Waals surface area (Å²) in [5.74, 6) is 0.345. The van der Waals surface area contributed by atoms with Gasteiger partial charge in [0, 0.05) is 0 Å². The molecule has 0 N–H and O–H groups in total. The average Bonchev–Trinajstić information content (AvgIpc) is 2.27. The molecule has 1 aromatic rings. The summed E-state index contributed by atoms with van der Waals surface area (Å²) >= 11 is 0. The third-order valence-corrected chi connectivity index (χ3v) is 1.68. The molecular formula is C11H12N2O4. The zero-order valence-electron chi connectivity index (χ0n) is 9.54. The van der Waals surface area contributed by atoms with Gasteiger partial charge in [0.2, 0.25) is 0 Å². The summed E-state index contributed by atoms with van der Waals surface area (Å²) in [5, 5.41) is 6.08. The van der Waals surface area contributed by atoms with E-state index in [4.69, 9.17) is 4.74 Å². The third-order valence-electron chi connectivity index (χ3n) is 1.68. The van der Waals surface area contributed by atoms with E-state index >= 15 is 0 Å². The Bertz CT molecular complexity index is 443. The van der Waals surface area contributed by atoms with Gasteiger partial charge in [0.25, 0.3) is 0 Å². The standard InChI is InChI=1S/C11H12N2O4/c1-3-16-10(14)12-13-11(15)17-9-6-4-5-8(2)7-9/h4-7H,3H2,1-2H3. The van der Waals surface area contributed by atoms with E-state index in [0.717, 1.165) is 5.56 Å². The summed E-state index contributed by atoms with van der Waals surface area (Å²) in [7, 11) is 0. The van der Waals surface area contributed by atoms with E-state index in [1.165, 1.54) is 0 Å². The smallest absolute Gasteiger partial charge is 0.447 e. The van der Waals surface area contributed by atoms with Crippen molar-refractivity contribution in [2.75, 3.05) is 6.61 Å². The number of amides is 2. The fraction of sp³-hybridized carbons (Fsp3) is 0.273. The quantitative estimate of drug-likeness (QED) is 0.739. The van der Waals surface area contributed by atoms with Crippen LogP contribution in [0.15, 0.2) is 34.5 Å². The molecule has 17 heavy (non-hydrogen) atoms. The van der Waals surface area contributed by atoms with Gasteiger partial charge in [0.15, 0.2) is 0 Å². The number of hydrogen-bond donors (Lipinski definition) is 0. The van der Waals surface area contributed by atoms with E-state index in [-0.39, 0.29) is 6.61 Å². The highest BCUT2D eigenvalue weighted by molar-refractivity contribution is 5.74. The topological polar surface area (TPSA) is 77.3 Å². The van der Waals surface area contributed by atoms with E-state index in [1.807, 2.05) is 13.0 Å². The molecular weight excluding hydrogens is 224 g/mol. The first-order valence-electron chi connectivity index (χ1n) is 4.98. The fourth-order valence-electron chi connectivity index (χ4n) is 1.03. The van der Waals surface area contributed by atoms with Crippen molar-refractivity contribution in [3.63, 3.8) is 0 Å². The van der Waals surface area contributed by atoms with E-state index < -0.39 is 12.2 Å². The second kappa shape index (κ2) is 6.37. The Morgan fingerprint density at radius 1 is 1.24 bits per heavy atom. The second-order valence-electron chi connectivity index (χ2n) is 3.08. The highest BCUT2D eigenvalue weighted by atomic mass is 16.6. The lowest BCUT2D eigenvalue weighted by Crippen LogP contribution is -2.03. The molecule has 0 bridgehead atoms. The maximum atomic E-state index is 11.1. The van der Waals surface area contributed by atoms with Crippen molar-refractivity contribution in [3.05, 3.63) is 29.8 Å². The summed E-state index contributed by atoms with van der Waals surface area (Å²) in [4.78, 5) is 21.9. The molecule has 0 heterocycles. The predicted molar refractivity (Wildman–Crippen MR) is 59.1 cm³/mol. The van der Waals surface area contributed by atoms with Gasteiger partial charge in [0.1, 0.15) is 5.75 Å². The Balaban J connectivity index is 2.53. The van der Waals surface area contributed by atoms with Gasteiger partial charge < -0.3 is 9.47 Å². The minimum atomic E-state index is -0.969. The molecule has 0 aromatic heterocycles. The number of carbonyl (C=O) groups excluding carboxylic acids is 2. The Morgan fingerprint density at radius 3 is 2.59 bits per heavy atom. The van der Waals surface area contributed by atoms with E-state index in [0.29, 0.717) is 5.75 Å². The van der Waals surface area contributed by atoms with Crippen LogP contribution in [0.3, 0.4) is 0 Å². The number of ether oxygens (including phenoxy) is 2. The van der Waals surface area contributed by atoms with E-state index in [2.05, 4.69) is 15.0 Å².